The number of ether oxygens (including phenoxy) is 2. The monoisotopic (exact) mass is 576 g/mol. The smallest absolute Gasteiger partial charge is 0.312 e. The van der Waals surface area contributed by atoms with E-state index >= 15 is 0 Å². The SMILES string of the molecule is COCCCN(C)c1ncc(Br)cc1N.COCCCN(C)c1ncc(Br)cc1[N+](=O)[O-]. The van der Waals surface area contributed by atoms with E-state index in [-0.39, 0.29) is 5.69 Å². The Morgan fingerprint density at radius 1 is 0.969 bits per heavy atom. The maximum atomic E-state index is 10.9. The van der Waals surface area contributed by atoms with Gasteiger partial charge < -0.3 is 25.0 Å². The standard InChI is InChI=1S/C10H14BrN3O3.C10H16BrN3O/c1-13(4-3-5-17-2)10-9(14(15)16)6-8(11)7-12-10;1-14(4-3-5-15-2)10-9(12)6-8(11)7-13-10/h6-7H,3-5H2,1-2H3;6-7H,3-5,12H2,1-2H3. The van der Waals surface area contributed by atoms with Gasteiger partial charge in [0.2, 0.25) is 5.82 Å². The van der Waals surface area contributed by atoms with Gasteiger partial charge in [0.1, 0.15) is 0 Å². The topological polar surface area (TPSA) is 120 Å². The Morgan fingerprint density at radius 3 is 1.91 bits per heavy atom. The molecule has 10 nitrogen and oxygen atoms in total. The third-order valence-corrected chi connectivity index (χ3v) is 5.15. The average molecular weight is 578 g/mol. The van der Waals surface area contributed by atoms with Crippen LogP contribution < -0.4 is 15.5 Å². The fourth-order valence-electron chi connectivity index (χ4n) is 2.72. The lowest BCUT2D eigenvalue weighted by Crippen LogP contribution is -2.22. The lowest BCUT2D eigenvalue weighted by molar-refractivity contribution is -0.384. The number of hydrogen-bond donors (Lipinski definition) is 1. The molecule has 0 saturated carbocycles. The Hall–Kier alpha value is -2.02. The number of methoxy groups -OCH3 is 2. The maximum Gasteiger partial charge on any atom is 0.312 e. The molecule has 32 heavy (non-hydrogen) atoms. The van der Waals surface area contributed by atoms with Crippen LogP contribution in [0.15, 0.2) is 33.5 Å². The summed E-state index contributed by atoms with van der Waals surface area (Å²) in [6, 6.07) is 3.31. The predicted molar refractivity (Wildman–Crippen MR) is 134 cm³/mol. The Morgan fingerprint density at radius 2 is 1.44 bits per heavy atom. The molecular weight excluding hydrogens is 548 g/mol. The van der Waals surface area contributed by atoms with E-state index in [0.717, 1.165) is 36.3 Å². The molecule has 0 saturated heterocycles. The van der Waals surface area contributed by atoms with E-state index in [1.54, 1.807) is 38.6 Å². The summed E-state index contributed by atoms with van der Waals surface area (Å²) in [6.07, 6.45) is 5.06. The van der Waals surface area contributed by atoms with Crippen molar-refractivity contribution in [3.8, 4) is 0 Å². The van der Waals surface area contributed by atoms with Gasteiger partial charge in [-0.3, -0.25) is 10.1 Å². The number of halogens is 2. The highest BCUT2D eigenvalue weighted by atomic mass is 79.9. The molecule has 0 spiro atoms. The largest absolute Gasteiger partial charge is 0.396 e. The molecule has 2 aromatic heterocycles. The molecular formula is C20H30Br2N6O4. The summed E-state index contributed by atoms with van der Waals surface area (Å²) in [5, 5.41) is 10.9. The second-order valence-corrected chi connectivity index (χ2v) is 8.69. The van der Waals surface area contributed by atoms with E-state index in [9.17, 15) is 10.1 Å². The first-order chi connectivity index (χ1) is 15.2. The zero-order chi connectivity index (χ0) is 24.1. The van der Waals surface area contributed by atoms with Gasteiger partial charge in [0, 0.05) is 82.0 Å². The van der Waals surface area contributed by atoms with Crippen LogP contribution in [0, 0.1) is 10.1 Å². The Balaban J connectivity index is 0.000000323. The van der Waals surface area contributed by atoms with Crippen LogP contribution in [0.2, 0.25) is 0 Å². The fourth-order valence-corrected chi connectivity index (χ4v) is 3.39. The first-order valence-electron chi connectivity index (χ1n) is 9.82. The van der Waals surface area contributed by atoms with Gasteiger partial charge in [0.05, 0.1) is 10.6 Å². The van der Waals surface area contributed by atoms with Gasteiger partial charge in [0.15, 0.2) is 5.82 Å². The van der Waals surface area contributed by atoms with Crippen molar-refractivity contribution >= 4 is 54.9 Å². The molecule has 2 heterocycles. The van der Waals surface area contributed by atoms with Crippen molar-refractivity contribution in [1.82, 2.24) is 9.97 Å². The highest BCUT2D eigenvalue weighted by Crippen LogP contribution is 2.27. The van der Waals surface area contributed by atoms with E-state index in [1.807, 2.05) is 18.0 Å². The molecule has 0 radical (unpaired) electrons. The van der Waals surface area contributed by atoms with E-state index in [1.165, 1.54) is 6.07 Å². The van der Waals surface area contributed by atoms with Gasteiger partial charge >= 0.3 is 5.69 Å². The molecule has 2 N–H and O–H groups in total. The second kappa shape index (κ2) is 14.9. The third kappa shape index (κ3) is 9.63. The van der Waals surface area contributed by atoms with Crippen molar-refractivity contribution in [3.05, 3.63) is 43.6 Å². The van der Waals surface area contributed by atoms with Crippen LogP contribution in [0.1, 0.15) is 12.8 Å². The molecule has 0 aromatic carbocycles. The normalized spacial score (nSPS) is 10.3. The first-order valence-corrected chi connectivity index (χ1v) is 11.4. The number of nitro groups is 1. The van der Waals surface area contributed by atoms with E-state index in [4.69, 9.17) is 15.2 Å². The molecule has 2 aromatic rings. The zero-order valence-corrected chi connectivity index (χ0v) is 21.9. The summed E-state index contributed by atoms with van der Waals surface area (Å²) < 4.78 is 11.4. The van der Waals surface area contributed by atoms with Gasteiger partial charge in [-0.25, -0.2) is 9.97 Å². The molecule has 0 amide bonds. The number of pyridine rings is 2. The van der Waals surface area contributed by atoms with E-state index in [0.29, 0.717) is 29.1 Å². The molecule has 0 bridgehead atoms. The second-order valence-electron chi connectivity index (χ2n) is 6.86. The lowest BCUT2D eigenvalue weighted by Gasteiger charge is -2.19. The quantitative estimate of drug-likeness (QED) is 0.239. The fraction of sp³-hybridized carbons (Fsp3) is 0.500. The Kier molecular flexibility index (Phi) is 13.1. The summed E-state index contributed by atoms with van der Waals surface area (Å²) >= 11 is 6.50. The summed E-state index contributed by atoms with van der Waals surface area (Å²) in [5.74, 6) is 1.18. The van der Waals surface area contributed by atoms with Crippen LogP contribution in [-0.2, 0) is 9.47 Å². The van der Waals surface area contributed by atoms with Gasteiger partial charge in [-0.2, -0.15) is 0 Å². The summed E-state index contributed by atoms with van der Waals surface area (Å²) in [6.45, 7) is 2.91. The number of nitrogens with zero attached hydrogens (tertiary/aromatic N) is 5. The average Bonchev–Trinajstić information content (AvgIpc) is 2.74. The third-order valence-electron chi connectivity index (χ3n) is 4.28. The highest BCUT2D eigenvalue weighted by Gasteiger charge is 2.19. The number of nitrogen functional groups attached to an aromatic ring is 1. The van der Waals surface area contributed by atoms with Crippen molar-refractivity contribution in [2.24, 2.45) is 0 Å². The minimum absolute atomic E-state index is 0.000656. The predicted octanol–water partition coefficient (Wildman–Crippen LogP) is 4.12. The number of anilines is 3. The Labute approximate surface area is 205 Å². The molecule has 0 aliphatic carbocycles. The van der Waals surface area contributed by atoms with Gasteiger partial charge in [0.25, 0.3) is 0 Å². The molecule has 0 atom stereocenters. The molecule has 0 aliphatic rings. The van der Waals surface area contributed by atoms with Crippen LogP contribution in [-0.4, -0.2) is 69.5 Å². The molecule has 0 unspecified atom stereocenters. The summed E-state index contributed by atoms with van der Waals surface area (Å²) in [4.78, 5) is 22.6. The maximum absolute atomic E-state index is 10.9. The van der Waals surface area contributed by atoms with Crippen LogP contribution in [0.4, 0.5) is 23.0 Å². The van der Waals surface area contributed by atoms with Crippen LogP contribution in [0.5, 0.6) is 0 Å². The molecule has 12 heteroatoms. The number of nitrogens with two attached hydrogens (primary N) is 1. The van der Waals surface area contributed by atoms with Crippen LogP contribution in [0.3, 0.4) is 0 Å². The van der Waals surface area contributed by atoms with Crippen LogP contribution in [0.25, 0.3) is 0 Å². The summed E-state index contributed by atoms with van der Waals surface area (Å²) in [7, 11) is 7.08. The van der Waals surface area contributed by atoms with Crippen molar-refractivity contribution in [2.75, 3.05) is 70.2 Å². The van der Waals surface area contributed by atoms with Gasteiger partial charge in [-0.1, -0.05) is 0 Å². The van der Waals surface area contributed by atoms with Crippen molar-refractivity contribution in [2.45, 2.75) is 12.8 Å². The minimum atomic E-state index is -0.431. The van der Waals surface area contributed by atoms with Gasteiger partial charge in [-0.05, 0) is 50.8 Å². The van der Waals surface area contributed by atoms with Gasteiger partial charge in [-0.15, -0.1) is 0 Å². The Bertz CT molecular complexity index is 859. The molecule has 0 aliphatic heterocycles. The summed E-state index contributed by atoms with van der Waals surface area (Å²) in [5.41, 5.74) is 6.54. The van der Waals surface area contributed by atoms with Crippen molar-refractivity contribution < 1.29 is 14.4 Å². The van der Waals surface area contributed by atoms with Crippen molar-refractivity contribution in [1.29, 1.82) is 0 Å². The van der Waals surface area contributed by atoms with Crippen molar-refractivity contribution in [3.63, 3.8) is 0 Å². The minimum Gasteiger partial charge on any atom is -0.396 e. The number of rotatable bonds is 11. The molecule has 0 fully saturated rings. The van der Waals surface area contributed by atoms with E-state index < -0.39 is 4.92 Å². The number of hydrogen-bond acceptors (Lipinski definition) is 9. The number of aromatic nitrogens is 2. The zero-order valence-electron chi connectivity index (χ0n) is 18.8. The van der Waals surface area contributed by atoms with E-state index in [2.05, 4.69) is 41.8 Å². The lowest BCUT2D eigenvalue weighted by atomic mass is 10.3. The van der Waals surface area contributed by atoms with Crippen LogP contribution >= 0.6 is 31.9 Å². The highest BCUT2D eigenvalue weighted by molar-refractivity contribution is 9.10. The molecule has 178 valence electrons. The molecule has 2 rings (SSSR count). The first kappa shape index (κ1) is 28.0.